The van der Waals surface area contributed by atoms with Gasteiger partial charge in [-0.2, -0.15) is 0 Å². The van der Waals surface area contributed by atoms with E-state index in [0.29, 0.717) is 19.6 Å². The number of aliphatic hydroxyl groups excluding tert-OH is 1. The largest absolute Gasteiger partial charge is 0.466 e. The van der Waals surface area contributed by atoms with Crippen molar-refractivity contribution in [2.45, 2.75) is 25.9 Å². The van der Waals surface area contributed by atoms with Gasteiger partial charge in [-0.3, -0.25) is 4.79 Å². The van der Waals surface area contributed by atoms with E-state index in [1.165, 1.54) is 0 Å². The van der Waals surface area contributed by atoms with Gasteiger partial charge in [0, 0.05) is 0 Å². The van der Waals surface area contributed by atoms with Crippen LogP contribution in [0.5, 0.6) is 0 Å². The molecule has 3 N–H and O–H groups in total. The first kappa shape index (κ1) is 10.4. The second-order valence-electron chi connectivity index (χ2n) is 2.24. The summed E-state index contributed by atoms with van der Waals surface area (Å²) in [7, 11) is 0. The quantitative estimate of drug-likeness (QED) is 0.540. The maximum atomic E-state index is 10.7. The molecule has 0 spiro atoms. The minimum atomic E-state index is -0.654. The van der Waals surface area contributed by atoms with E-state index < -0.39 is 6.10 Å². The predicted molar refractivity (Wildman–Crippen MR) is 40.9 cm³/mol. The van der Waals surface area contributed by atoms with Gasteiger partial charge in [-0.1, -0.05) is 0 Å². The second-order valence-corrected chi connectivity index (χ2v) is 2.24. The van der Waals surface area contributed by atoms with E-state index in [1.54, 1.807) is 6.92 Å². The number of esters is 1. The highest BCUT2D eigenvalue weighted by Crippen LogP contribution is 1.97. The highest BCUT2D eigenvalue weighted by atomic mass is 16.5. The van der Waals surface area contributed by atoms with Gasteiger partial charge in [-0.05, 0) is 19.9 Å². The third kappa shape index (κ3) is 5.82. The lowest BCUT2D eigenvalue weighted by molar-refractivity contribution is -0.145. The maximum absolute atomic E-state index is 10.7. The molecule has 4 heteroatoms. The molecule has 0 saturated carbocycles. The van der Waals surface area contributed by atoms with E-state index in [9.17, 15) is 4.79 Å². The molecular weight excluding hydrogens is 146 g/mol. The summed E-state index contributed by atoms with van der Waals surface area (Å²) >= 11 is 0. The number of carbonyl (C=O) groups is 1. The van der Waals surface area contributed by atoms with Crippen molar-refractivity contribution in [1.82, 2.24) is 0 Å². The van der Waals surface area contributed by atoms with Crippen LogP contribution in [0.25, 0.3) is 0 Å². The number of carbonyl (C=O) groups excluding carboxylic acids is 1. The third-order valence-electron chi connectivity index (χ3n) is 1.21. The zero-order chi connectivity index (χ0) is 8.69. The van der Waals surface area contributed by atoms with Gasteiger partial charge in [-0.15, -0.1) is 0 Å². The first-order chi connectivity index (χ1) is 5.20. The molecule has 0 unspecified atom stereocenters. The predicted octanol–water partition coefficient (Wildman–Crippen LogP) is -0.351. The lowest BCUT2D eigenvalue weighted by atomic mass is 10.2. The van der Waals surface area contributed by atoms with Crippen molar-refractivity contribution < 1.29 is 14.6 Å². The van der Waals surface area contributed by atoms with Crippen LogP contribution in [0, 0.1) is 0 Å². The monoisotopic (exact) mass is 161 g/mol. The van der Waals surface area contributed by atoms with Crippen LogP contribution in [-0.4, -0.2) is 30.3 Å². The minimum Gasteiger partial charge on any atom is -0.466 e. The van der Waals surface area contributed by atoms with Gasteiger partial charge in [0.1, 0.15) is 0 Å². The molecule has 0 radical (unpaired) electrons. The lowest BCUT2D eigenvalue weighted by Crippen LogP contribution is -2.19. The third-order valence-corrected chi connectivity index (χ3v) is 1.21. The summed E-state index contributed by atoms with van der Waals surface area (Å²) in [6.07, 6.45) is -0.164. The summed E-state index contributed by atoms with van der Waals surface area (Å²) in [4.78, 5) is 10.7. The highest BCUT2D eigenvalue weighted by Gasteiger charge is 2.09. The van der Waals surface area contributed by atoms with Crippen LogP contribution in [0.1, 0.15) is 19.8 Å². The minimum absolute atomic E-state index is 0.0467. The second kappa shape index (κ2) is 6.12. The van der Waals surface area contributed by atoms with Crippen LogP contribution in [0.4, 0.5) is 0 Å². The molecule has 0 aromatic rings. The Morgan fingerprint density at radius 1 is 1.73 bits per heavy atom. The zero-order valence-corrected chi connectivity index (χ0v) is 6.75. The molecule has 0 aromatic heterocycles. The fraction of sp³-hybridized carbons (Fsp3) is 0.857. The van der Waals surface area contributed by atoms with Crippen LogP contribution in [0.15, 0.2) is 0 Å². The molecule has 0 saturated heterocycles. The molecule has 0 bridgehead atoms. The van der Waals surface area contributed by atoms with Crippen molar-refractivity contribution in [3.8, 4) is 0 Å². The topological polar surface area (TPSA) is 72.5 Å². The van der Waals surface area contributed by atoms with E-state index in [4.69, 9.17) is 10.8 Å². The van der Waals surface area contributed by atoms with E-state index in [2.05, 4.69) is 4.74 Å². The summed E-state index contributed by atoms with van der Waals surface area (Å²) in [5.41, 5.74) is 5.17. The summed E-state index contributed by atoms with van der Waals surface area (Å²) < 4.78 is 4.62. The van der Waals surface area contributed by atoms with Gasteiger partial charge < -0.3 is 15.6 Å². The molecule has 11 heavy (non-hydrogen) atoms. The average molecular weight is 161 g/mol. The number of aliphatic hydroxyl groups is 1. The van der Waals surface area contributed by atoms with Crippen LogP contribution >= 0.6 is 0 Å². The van der Waals surface area contributed by atoms with Crippen molar-refractivity contribution >= 4 is 5.97 Å². The number of ether oxygens (including phenoxy) is 1. The normalized spacial score (nSPS) is 12.6. The Balaban J connectivity index is 3.40. The Kier molecular flexibility index (Phi) is 5.78. The van der Waals surface area contributed by atoms with Crippen molar-refractivity contribution in [3.05, 3.63) is 0 Å². The van der Waals surface area contributed by atoms with Crippen molar-refractivity contribution in [1.29, 1.82) is 0 Å². The molecule has 0 aromatic carbocycles. The van der Waals surface area contributed by atoms with Gasteiger partial charge in [0.05, 0.1) is 19.1 Å². The Bertz CT molecular complexity index is 116. The van der Waals surface area contributed by atoms with Crippen LogP contribution in [0.3, 0.4) is 0 Å². The number of nitrogens with two attached hydrogens (primary N) is 1. The van der Waals surface area contributed by atoms with Gasteiger partial charge >= 0.3 is 5.97 Å². The lowest BCUT2D eigenvalue weighted by Gasteiger charge is -2.07. The van der Waals surface area contributed by atoms with E-state index >= 15 is 0 Å². The van der Waals surface area contributed by atoms with Gasteiger partial charge in [0.2, 0.25) is 0 Å². The Hall–Kier alpha value is -0.610. The molecule has 4 nitrogen and oxygen atoms in total. The van der Waals surface area contributed by atoms with Gasteiger partial charge in [0.25, 0.3) is 0 Å². The molecule has 66 valence electrons. The number of hydrogen-bond acceptors (Lipinski definition) is 4. The van der Waals surface area contributed by atoms with Crippen molar-refractivity contribution in [2.24, 2.45) is 5.73 Å². The molecule has 0 aliphatic rings. The fourth-order valence-corrected chi connectivity index (χ4v) is 0.707. The molecule has 0 rings (SSSR count). The van der Waals surface area contributed by atoms with E-state index in [-0.39, 0.29) is 12.4 Å². The van der Waals surface area contributed by atoms with E-state index in [0.717, 1.165) is 0 Å². The molecule has 0 fully saturated rings. The molecule has 0 amide bonds. The fourth-order valence-electron chi connectivity index (χ4n) is 0.707. The molecule has 0 aliphatic carbocycles. The molecule has 0 aliphatic heterocycles. The molecule has 1 atom stereocenters. The van der Waals surface area contributed by atoms with Gasteiger partial charge in [-0.25, -0.2) is 0 Å². The summed E-state index contributed by atoms with van der Waals surface area (Å²) in [5.74, 6) is -0.367. The van der Waals surface area contributed by atoms with Crippen molar-refractivity contribution in [3.63, 3.8) is 0 Å². The maximum Gasteiger partial charge on any atom is 0.308 e. The smallest absolute Gasteiger partial charge is 0.308 e. The van der Waals surface area contributed by atoms with Gasteiger partial charge in [0.15, 0.2) is 0 Å². The zero-order valence-electron chi connectivity index (χ0n) is 6.75. The molecular formula is C7H15NO3. The van der Waals surface area contributed by atoms with E-state index in [1.807, 2.05) is 0 Å². The van der Waals surface area contributed by atoms with Crippen LogP contribution in [0.2, 0.25) is 0 Å². The molecule has 0 heterocycles. The van der Waals surface area contributed by atoms with Crippen LogP contribution in [-0.2, 0) is 9.53 Å². The number of rotatable bonds is 5. The highest BCUT2D eigenvalue weighted by molar-refractivity contribution is 5.69. The Labute approximate surface area is 66.3 Å². The SMILES string of the molecule is CCOC(=O)C[C@@H](O)CCN. The summed E-state index contributed by atoms with van der Waals surface area (Å²) in [6, 6.07) is 0. The van der Waals surface area contributed by atoms with Crippen LogP contribution < -0.4 is 5.73 Å². The number of hydrogen-bond donors (Lipinski definition) is 2. The Morgan fingerprint density at radius 2 is 2.36 bits per heavy atom. The first-order valence-electron chi connectivity index (χ1n) is 3.74. The first-order valence-corrected chi connectivity index (χ1v) is 3.74. The summed E-state index contributed by atoms with van der Waals surface area (Å²) in [5, 5.41) is 9.07. The average Bonchev–Trinajstić information content (AvgIpc) is 1.87. The standard InChI is InChI=1S/C7H15NO3/c1-2-11-7(10)5-6(9)3-4-8/h6,9H,2-5,8H2,1H3/t6-/m0/s1. The Morgan fingerprint density at radius 3 is 2.82 bits per heavy atom. The van der Waals surface area contributed by atoms with Crippen molar-refractivity contribution in [2.75, 3.05) is 13.2 Å². The summed E-state index contributed by atoms with van der Waals surface area (Å²) in [6.45, 7) is 2.47.